The van der Waals surface area contributed by atoms with Gasteiger partial charge in [0, 0.05) is 21.2 Å². The highest BCUT2D eigenvalue weighted by Crippen LogP contribution is 2.24. The van der Waals surface area contributed by atoms with Crippen LogP contribution in [0.2, 0.25) is 0 Å². The van der Waals surface area contributed by atoms with Gasteiger partial charge in [-0.3, -0.25) is 19.8 Å². The number of carbonyl (C=O) groups is 3. The standard InChI is InChI=1S/C26H23BrN4O3/c1-15-8-6-10-21(17(15)3)29-25(33)26(34)30-31-22-12-11-19(27)13-18(22)14-23(31)24(32)28-20-9-5-4-7-16(20)2/h4-14H,1-3H3,(H,28,32)(H,29,33)(H,30,34). The highest BCUT2D eigenvalue weighted by atomic mass is 79.9. The molecule has 0 fully saturated rings. The number of fused-ring (bicyclic) bond motifs is 1. The molecule has 0 spiro atoms. The second-order valence-electron chi connectivity index (χ2n) is 7.98. The van der Waals surface area contributed by atoms with Crippen LogP contribution in [0.4, 0.5) is 11.4 Å². The third-order valence-corrected chi connectivity index (χ3v) is 6.16. The van der Waals surface area contributed by atoms with Gasteiger partial charge >= 0.3 is 11.8 Å². The van der Waals surface area contributed by atoms with Gasteiger partial charge in [0.15, 0.2) is 0 Å². The summed E-state index contributed by atoms with van der Waals surface area (Å²) in [6.45, 7) is 5.68. The molecule has 3 aromatic carbocycles. The lowest BCUT2D eigenvalue weighted by atomic mass is 10.1. The lowest BCUT2D eigenvalue weighted by Gasteiger charge is -2.14. The minimum Gasteiger partial charge on any atom is -0.320 e. The van der Waals surface area contributed by atoms with Crippen LogP contribution >= 0.6 is 15.9 Å². The number of carbonyl (C=O) groups excluding carboxylic acids is 3. The molecular weight excluding hydrogens is 496 g/mol. The number of benzene rings is 3. The largest absolute Gasteiger partial charge is 0.328 e. The number of nitrogens with zero attached hydrogens (tertiary/aromatic N) is 1. The molecule has 3 amide bonds. The average molecular weight is 519 g/mol. The summed E-state index contributed by atoms with van der Waals surface area (Å²) in [5.41, 5.74) is 7.32. The first-order valence-corrected chi connectivity index (χ1v) is 11.4. The number of nitrogens with one attached hydrogen (secondary N) is 3. The van der Waals surface area contributed by atoms with Crippen LogP contribution in [0.25, 0.3) is 10.9 Å². The van der Waals surface area contributed by atoms with Crippen molar-refractivity contribution in [2.45, 2.75) is 20.8 Å². The molecule has 1 heterocycles. The molecule has 7 nitrogen and oxygen atoms in total. The molecule has 0 unspecified atom stereocenters. The Morgan fingerprint density at radius 1 is 0.765 bits per heavy atom. The van der Waals surface area contributed by atoms with Crippen LogP contribution in [0.15, 0.2) is 71.2 Å². The lowest BCUT2D eigenvalue weighted by molar-refractivity contribution is -0.133. The Balaban J connectivity index is 1.65. The maximum atomic E-state index is 13.2. The number of halogens is 1. The number of hydrogen-bond donors (Lipinski definition) is 3. The highest BCUT2D eigenvalue weighted by Gasteiger charge is 2.22. The van der Waals surface area contributed by atoms with Crippen LogP contribution in [0.5, 0.6) is 0 Å². The first kappa shape index (κ1) is 23.3. The number of anilines is 2. The van der Waals surface area contributed by atoms with Crippen LogP contribution in [0, 0.1) is 20.8 Å². The first-order valence-electron chi connectivity index (χ1n) is 10.6. The number of para-hydroxylation sites is 1. The van der Waals surface area contributed by atoms with E-state index < -0.39 is 17.7 Å². The third-order valence-electron chi connectivity index (χ3n) is 5.66. The Morgan fingerprint density at radius 2 is 1.47 bits per heavy atom. The normalized spacial score (nSPS) is 10.7. The summed E-state index contributed by atoms with van der Waals surface area (Å²) in [6.07, 6.45) is 0. The maximum absolute atomic E-state index is 13.2. The zero-order chi connectivity index (χ0) is 24.4. The fourth-order valence-corrected chi connectivity index (χ4v) is 3.97. The summed E-state index contributed by atoms with van der Waals surface area (Å²) in [7, 11) is 0. The Labute approximate surface area is 205 Å². The van der Waals surface area contributed by atoms with Gasteiger partial charge in [-0.1, -0.05) is 46.3 Å². The van der Waals surface area contributed by atoms with Crippen molar-refractivity contribution in [1.82, 2.24) is 4.68 Å². The van der Waals surface area contributed by atoms with Crippen molar-refractivity contribution in [2.24, 2.45) is 0 Å². The van der Waals surface area contributed by atoms with E-state index in [0.29, 0.717) is 16.9 Å². The van der Waals surface area contributed by atoms with Gasteiger partial charge in [0.25, 0.3) is 5.91 Å². The molecule has 34 heavy (non-hydrogen) atoms. The molecule has 4 rings (SSSR count). The zero-order valence-electron chi connectivity index (χ0n) is 18.9. The van der Waals surface area contributed by atoms with Crippen molar-refractivity contribution >= 4 is 55.9 Å². The third kappa shape index (κ3) is 4.72. The molecule has 0 radical (unpaired) electrons. The smallest absolute Gasteiger partial charge is 0.320 e. The molecule has 0 aliphatic carbocycles. The summed E-state index contributed by atoms with van der Waals surface area (Å²) in [6, 6.07) is 19.9. The van der Waals surface area contributed by atoms with Gasteiger partial charge in [-0.15, -0.1) is 0 Å². The van der Waals surface area contributed by atoms with Crippen LogP contribution < -0.4 is 16.1 Å². The van der Waals surface area contributed by atoms with Gasteiger partial charge < -0.3 is 10.6 Å². The topological polar surface area (TPSA) is 92.2 Å². The summed E-state index contributed by atoms with van der Waals surface area (Å²) in [4.78, 5) is 38.7. The van der Waals surface area contributed by atoms with E-state index >= 15 is 0 Å². The van der Waals surface area contributed by atoms with Gasteiger partial charge in [-0.25, -0.2) is 4.68 Å². The van der Waals surface area contributed by atoms with Crippen LogP contribution in [-0.2, 0) is 9.59 Å². The van der Waals surface area contributed by atoms with E-state index in [9.17, 15) is 14.4 Å². The van der Waals surface area contributed by atoms with Crippen molar-refractivity contribution in [2.75, 3.05) is 16.1 Å². The van der Waals surface area contributed by atoms with E-state index in [1.807, 2.05) is 51.1 Å². The van der Waals surface area contributed by atoms with E-state index in [1.165, 1.54) is 4.68 Å². The molecule has 172 valence electrons. The predicted molar refractivity (Wildman–Crippen MR) is 138 cm³/mol. The second kappa shape index (κ2) is 9.52. The Hall–Kier alpha value is -3.91. The van der Waals surface area contributed by atoms with Crippen molar-refractivity contribution < 1.29 is 14.4 Å². The molecule has 0 saturated carbocycles. The number of amides is 3. The Kier molecular flexibility index (Phi) is 6.51. The fraction of sp³-hybridized carbons (Fsp3) is 0.115. The molecule has 8 heteroatoms. The van der Waals surface area contributed by atoms with Crippen molar-refractivity contribution in [1.29, 1.82) is 0 Å². The SMILES string of the molecule is Cc1ccccc1NC(=O)c1cc2cc(Br)ccc2n1NC(=O)C(=O)Nc1cccc(C)c1C. The van der Waals surface area contributed by atoms with Crippen molar-refractivity contribution in [3.8, 4) is 0 Å². The predicted octanol–water partition coefficient (Wildman–Crippen LogP) is 5.29. The van der Waals surface area contributed by atoms with Gasteiger partial charge in [0.2, 0.25) is 0 Å². The number of hydrogen-bond acceptors (Lipinski definition) is 3. The second-order valence-corrected chi connectivity index (χ2v) is 8.90. The number of aryl methyl sites for hydroxylation is 2. The summed E-state index contributed by atoms with van der Waals surface area (Å²) < 4.78 is 2.16. The van der Waals surface area contributed by atoms with Crippen molar-refractivity contribution in [3.63, 3.8) is 0 Å². The molecule has 0 saturated heterocycles. The number of aromatic nitrogens is 1. The Bertz CT molecular complexity index is 1440. The van der Waals surface area contributed by atoms with E-state index in [1.54, 1.807) is 36.4 Å². The number of rotatable bonds is 4. The lowest BCUT2D eigenvalue weighted by Crippen LogP contribution is -2.36. The van der Waals surface area contributed by atoms with Crippen molar-refractivity contribution in [3.05, 3.63) is 93.6 Å². The maximum Gasteiger partial charge on any atom is 0.328 e. The molecule has 3 N–H and O–H groups in total. The molecule has 0 aliphatic heterocycles. The van der Waals surface area contributed by atoms with E-state index in [-0.39, 0.29) is 5.69 Å². The fourth-order valence-electron chi connectivity index (χ4n) is 3.59. The quantitative estimate of drug-likeness (QED) is 0.320. The minimum absolute atomic E-state index is 0.184. The van der Waals surface area contributed by atoms with E-state index in [0.717, 1.165) is 26.5 Å². The minimum atomic E-state index is -0.897. The molecule has 0 aliphatic rings. The van der Waals surface area contributed by atoms with Gasteiger partial charge in [-0.2, -0.15) is 0 Å². The van der Waals surface area contributed by atoms with Gasteiger partial charge in [0.1, 0.15) is 5.69 Å². The highest BCUT2D eigenvalue weighted by molar-refractivity contribution is 9.10. The van der Waals surface area contributed by atoms with E-state index in [4.69, 9.17) is 0 Å². The van der Waals surface area contributed by atoms with Gasteiger partial charge in [0.05, 0.1) is 5.52 Å². The summed E-state index contributed by atoms with van der Waals surface area (Å²) in [5, 5.41) is 6.24. The van der Waals surface area contributed by atoms with Crippen LogP contribution in [-0.4, -0.2) is 22.4 Å². The first-order chi connectivity index (χ1) is 16.2. The van der Waals surface area contributed by atoms with Gasteiger partial charge in [-0.05, 0) is 73.9 Å². The molecule has 0 atom stereocenters. The van der Waals surface area contributed by atoms with Crippen LogP contribution in [0.1, 0.15) is 27.2 Å². The van der Waals surface area contributed by atoms with Crippen LogP contribution in [0.3, 0.4) is 0 Å². The van der Waals surface area contributed by atoms with E-state index in [2.05, 4.69) is 32.0 Å². The Morgan fingerprint density at radius 3 is 2.24 bits per heavy atom. The summed E-state index contributed by atoms with van der Waals surface area (Å²) in [5.74, 6) is -2.15. The molecule has 1 aromatic heterocycles. The average Bonchev–Trinajstić information content (AvgIpc) is 3.15. The zero-order valence-corrected chi connectivity index (χ0v) is 20.5. The molecule has 0 bridgehead atoms. The summed E-state index contributed by atoms with van der Waals surface area (Å²) >= 11 is 3.43. The monoisotopic (exact) mass is 518 g/mol. The molecular formula is C26H23BrN4O3. The molecule has 4 aromatic rings.